The molecule has 176 valence electrons. The minimum absolute atomic E-state index is 0.0136. The summed E-state index contributed by atoms with van der Waals surface area (Å²) in [4.78, 5) is 24.5. The van der Waals surface area contributed by atoms with Gasteiger partial charge in [-0.3, -0.25) is 9.78 Å². The molecule has 8 heteroatoms. The minimum atomic E-state index is -0.206. The predicted molar refractivity (Wildman–Crippen MR) is 135 cm³/mol. The first kappa shape index (κ1) is 23.7. The van der Waals surface area contributed by atoms with Crippen molar-refractivity contribution < 1.29 is 14.3 Å². The van der Waals surface area contributed by atoms with Crippen LogP contribution in [-0.2, 0) is 9.53 Å². The monoisotopic (exact) mass is 467 g/mol. The van der Waals surface area contributed by atoms with Gasteiger partial charge in [-0.15, -0.1) is 0 Å². The van der Waals surface area contributed by atoms with Crippen LogP contribution in [0.15, 0.2) is 61.1 Å². The maximum atomic E-state index is 11.5. The van der Waals surface area contributed by atoms with Gasteiger partial charge < -0.3 is 20.1 Å². The number of hydrogen-bond donors (Lipinski definition) is 2. The number of carbonyl (C=O) groups is 1. The number of hydrogen-bond acceptors (Lipinski definition) is 7. The average Bonchev–Trinajstić information content (AvgIpc) is 2.85. The van der Waals surface area contributed by atoms with Crippen LogP contribution in [0, 0.1) is 25.7 Å². The second kappa shape index (κ2) is 11.1. The number of nitrogens with zero attached hydrogens (tertiary/aromatic N) is 3. The largest absolute Gasteiger partial charge is 0.455 e. The summed E-state index contributed by atoms with van der Waals surface area (Å²) < 4.78 is 10.8. The highest BCUT2D eigenvalue weighted by Crippen LogP contribution is 2.30. The van der Waals surface area contributed by atoms with E-state index in [0.29, 0.717) is 5.82 Å². The summed E-state index contributed by atoms with van der Waals surface area (Å²) in [6, 6.07) is 15.3. The molecular formula is C27H25N5O3. The van der Waals surface area contributed by atoms with Gasteiger partial charge in [0.25, 0.3) is 0 Å². The fraction of sp³-hybridized carbons (Fsp3) is 0.185. The first-order chi connectivity index (χ1) is 17.0. The Balaban J connectivity index is 1.52. The molecule has 0 saturated heterocycles. The summed E-state index contributed by atoms with van der Waals surface area (Å²) >= 11 is 0. The van der Waals surface area contributed by atoms with Gasteiger partial charge in [0.2, 0.25) is 5.91 Å². The third-order valence-electron chi connectivity index (χ3n) is 5.13. The van der Waals surface area contributed by atoms with E-state index in [1.54, 1.807) is 6.20 Å². The summed E-state index contributed by atoms with van der Waals surface area (Å²) in [6.45, 7) is 4.16. The molecule has 4 aromatic rings. The van der Waals surface area contributed by atoms with E-state index in [0.717, 1.165) is 44.9 Å². The van der Waals surface area contributed by atoms with E-state index in [4.69, 9.17) is 9.47 Å². The lowest BCUT2D eigenvalue weighted by molar-refractivity contribution is -0.124. The zero-order valence-electron chi connectivity index (χ0n) is 19.8. The van der Waals surface area contributed by atoms with Gasteiger partial charge in [0.15, 0.2) is 0 Å². The van der Waals surface area contributed by atoms with Crippen molar-refractivity contribution in [2.45, 2.75) is 13.8 Å². The Morgan fingerprint density at radius 3 is 2.71 bits per heavy atom. The van der Waals surface area contributed by atoms with Crippen molar-refractivity contribution in [1.82, 2.24) is 20.3 Å². The molecule has 0 aliphatic carbocycles. The van der Waals surface area contributed by atoms with Crippen molar-refractivity contribution in [2.24, 2.45) is 0 Å². The lowest BCUT2D eigenvalue weighted by Crippen LogP contribution is -2.27. The van der Waals surface area contributed by atoms with Gasteiger partial charge in [-0.05, 0) is 67.9 Å². The molecule has 8 nitrogen and oxygen atoms in total. The molecule has 1 amide bonds. The molecule has 2 heterocycles. The Kier molecular flexibility index (Phi) is 7.50. The zero-order valence-corrected chi connectivity index (χ0v) is 19.8. The van der Waals surface area contributed by atoms with Gasteiger partial charge in [0.05, 0.1) is 17.8 Å². The van der Waals surface area contributed by atoms with E-state index in [9.17, 15) is 4.79 Å². The van der Waals surface area contributed by atoms with Crippen LogP contribution in [0.4, 0.5) is 11.5 Å². The molecule has 0 aliphatic rings. The first-order valence-corrected chi connectivity index (χ1v) is 11.0. The highest BCUT2D eigenvalue weighted by molar-refractivity contribution is 5.91. The summed E-state index contributed by atoms with van der Waals surface area (Å²) in [7, 11) is 1.47. The molecule has 0 bridgehead atoms. The third kappa shape index (κ3) is 6.10. The third-order valence-corrected chi connectivity index (χ3v) is 5.13. The number of nitrogens with one attached hydrogen (secondary N) is 2. The van der Waals surface area contributed by atoms with Crippen LogP contribution >= 0.6 is 0 Å². The van der Waals surface area contributed by atoms with Gasteiger partial charge in [0.1, 0.15) is 30.3 Å². The van der Waals surface area contributed by atoms with E-state index >= 15 is 0 Å². The lowest BCUT2D eigenvalue weighted by Gasteiger charge is -2.13. The molecule has 2 aromatic carbocycles. The number of carbonyl (C=O) groups excluding carboxylic acids is 1. The number of aromatic nitrogens is 3. The number of ether oxygens (including phenoxy) is 2. The number of rotatable bonds is 7. The Hall–Kier alpha value is -4.48. The Labute approximate surface area is 203 Å². The molecule has 0 radical (unpaired) electrons. The van der Waals surface area contributed by atoms with E-state index in [2.05, 4.69) is 37.4 Å². The second-order valence-electron chi connectivity index (χ2n) is 7.76. The maximum absolute atomic E-state index is 11.5. The van der Waals surface area contributed by atoms with Gasteiger partial charge >= 0.3 is 0 Å². The highest BCUT2D eigenvalue weighted by Gasteiger charge is 2.09. The molecule has 0 atom stereocenters. The van der Waals surface area contributed by atoms with Gasteiger partial charge in [-0.1, -0.05) is 11.8 Å². The van der Waals surface area contributed by atoms with E-state index in [-0.39, 0.29) is 19.1 Å². The summed E-state index contributed by atoms with van der Waals surface area (Å²) in [6.07, 6.45) is 3.27. The molecule has 0 spiro atoms. The van der Waals surface area contributed by atoms with Crippen molar-refractivity contribution in [2.75, 3.05) is 25.6 Å². The molecule has 2 aromatic heterocycles. The highest BCUT2D eigenvalue weighted by atomic mass is 16.5. The number of fused-ring (bicyclic) bond motifs is 1. The van der Waals surface area contributed by atoms with E-state index < -0.39 is 0 Å². The topological polar surface area (TPSA) is 98.3 Å². The van der Waals surface area contributed by atoms with Crippen molar-refractivity contribution in [3.8, 4) is 23.3 Å². The number of pyridine rings is 1. The summed E-state index contributed by atoms with van der Waals surface area (Å²) in [5.74, 6) is 7.95. The van der Waals surface area contributed by atoms with Crippen molar-refractivity contribution in [3.05, 3.63) is 77.9 Å². The second-order valence-corrected chi connectivity index (χ2v) is 7.76. The SMILES string of the molecule is COCC(=O)NCC#Cc1ccc2ncnc(Nc3ccc(Oc4cccnc4C)c(C)c3)c2c1. The van der Waals surface area contributed by atoms with Gasteiger partial charge in [-0.25, -0.2) is 9.97 Å². The molecule has 0 saturated carbocycles. The fourth-order valence-electron chi connectivity index (χ4n) is 3.38. The van der Waals surface area contributed by atoms with Crippen LogP contribution in [0.5, 0.6) is 11.5 Å². The number of amides is 1. The molecule has 0 unspecified atom stereocenters. The van der Waals surface area contributed by atoms with Crippen LogP contribution in [-0.4, -0.2) is 41.1 Å². The minimum Gasteiger partial charge on any atom is -0.455 e. The van der Waals surface area contributed by atoms with Crippen LogP contribution in [0.1, 0.15) is 16.8 Å². The molecule has 0 aliphatic heterocycles. The van der Waals surface area contributed by atoms with Crippen LogP contribution in [0.25, 0.3) is 10.9 Å². The molecule has 35 heavy (non-hydrogen) atoms. The normalized spacial score (nSPS) is 10.4. The molecular weight excluding hydrogens is 442 g/mol. The summed E-state index contributed by atoms with van der Waals surface area (Å²) in [5, 5.41) is 6.89. The Bertz CT molecular complexity index is 1430. The molecule has 2 N–H and O–H groups in total. The quantitative estimate of drug-likeness (QED) is 0.391. The maximum Gasteiger partial charge on any atom is 0.246 e. The van der Waals surface area contributed by atoms with E-state index in [1.807, 2.05) is 62.4 Å². The first-order valence-electron chi connectivity index (χ1n) is 11.0. The van der Waals surface area contributed by atoms with Crippen LogP contribution < -0.4 is 15.4 Å². The smallest absolute Gasteiger partial charge is 0.246 e. The van der Waals surface area contributed by atoms with Crippen molar-refractivity contribution >= 4 is 28.3 Å². The van der Waals surface area contributed by atoms with Gasteiger partial charge in [0, 0.05) is 29.9 Å². The van der Waals surface area contributed by atoms with Crippen LogP contribution in [0.2, 0.25) is 0 Å². The lowest BCUT2D eigenvalue weighted by atomic mass is 10.1. The van der Waals surface area contributed by atoms with Crippen LogP contribution in [0.3, 0.4) is 0 Å². The average molecular weight is 468 g/mol. The standard InChI is InChI=1S/C27H25N5O3/c1-18-14-21(9-11-24(18)35-25-7-5-12-28-19(25)2)32-27-22-15-20(8-10-23(22)30-17-31-27)6-4-13-29-26(33)16-34-3/h5,7-12,14-15,17H,13,16H2,1-3H3,(H,29,33)(H,30,31,32). The zero-order chi connectivity index (χ0) is 24.6. The summed E-state index contributed by atoms with van der Waals surface area (Å²) in [5.41, 5.74) is 4.26. The number of benzene rings is 2. The Morgan fingerprint density at radius 1 is 1.03 bits per heavy atom. The predicted octanol–water partition coefficient (Wildman–Crippen LogP) is 4.29. The number of anilines is 2. The molecule has 0 fully saturated rings. The van der Waals surface area contributed by atoms with Crippen molar-refractivity contribution in [3.63, 3.8) is 0 Å². The van der Waals surface area contributed by atoms with Crippen molar-refractivity contribution in [1.29, 1.82) is 0 Å². The fourth-order valence-corrected chi connectivity index (χ4v) is 3.38. The van der Waals surface area contributed by atoms with E-state index in [1.165, 1.54) is 13.4 Å². The number of aryl methyl sites for hydroxylation is 2. The Morgan fingerprint density at radius 2 is 1.91 bits per heavy atom. The number of methoxy groups -OCH3 is 1. The molecule has 4 rings (SSSR count). The van der Waals surface area contributed by atoms with Gasteiger partial charge in [-0.2, -0.15) is 0 Å².